The Morgan fingerprint density at radius 1 is 1.06 bits per heavy atom. The van der Waals surface area contributed by atoms with Crippen molar-refractivity contribution >= 4 is 35.2 Å². The lowest BCUT2D eigenvalue weighted by Gasteiger charge is -2.27. The summed E-state index contributed by atoms with van der Waals surface area (Å²) in [5.74, 6) is -0.930. The van der Waals surface area contributed by atoms with Crippen molar-refractivity contribution in [3.05, 3.63) is 65.5 Å². The highest BCUT2D eigenvalue weighted by atomic mass is 32.1. The largest absolute Gasteiger partial charge is 0.298 e. The first kappa shape index (κ1) is 23.6. The van der Waals surface area contributed by atoms with Gasteiger partial charge in [0.1, 0.15) is 5.57 Å². The molecule has 1 saturated heterocycles. The van der Waals surface area contributed by atoms with Crippen molar-refractivity contribution in [2.24, 2.45) is 0 Å². The Morgan fingerprint density at radius 3 is 2.22 bits per heavy atom. The van der Waals surface area contributed by atoms with Crippen LogP contribution in [0.4, 0.5) is 0 Å². The monoisotopic (exact) mass is 450 g/mol. The third-order valence-corrected chi connectivity index (χ3v) is 5.51. The Labute approximate surface area is 195 Å². The Kier molecular flexibility index (Phi) is 6.24. The minimum absolute atomic E-state index is 0.0395. The van der Waals surface area contributed by atoms with Crippen molar-refractivity contribution in [1.29, 1.82) is 0 Å². The smallest absolute Gasteiger partial charge is 0.265 e. The Bertz CT molecular complexity index is 1110. The van der Waals surface area contributed by atoms with Gasteiger partial charge in [0.2, 0.25) is 0 Å². The molecule has 1 fully saturated rings. The number of thiocarbonyl (C=S) groups is 1. The molecule has 0 unspecified atom stereocenters. The molecule has 1 aromatic carbocycles. The molecule has 2 aromatic rings. The molecule has 7 heteroatoms. The third-order valence-electron chi connectivity index (χ3n) is 5.19. The number of aromatic nitrogens is 2. The van der Waals surface area contributed by atoms with Gasteiger partial charge in [-0.05, 0) is 42.1 Å². The lowest BCUT2D eigenvalue weighted by molar-refractivity contribution is -0.128. The van der Waals surface area contributed by atoms with Crippen LogP contribution in [0.25, 0.3) is 11.8 Å². The topological polar surface area (TPSA) is 67.2 Å². The second-order valence-corrected chi connectivity index (χ2v) is 10.3. The fourth-order valence-corrected chi connectivity index (χ4v) is 3.60. The molecule has 3 rings (SSSR count). The molecule has 32 heavy (non-hydrogen) atoms. The lowest BCUT2D eigenvalue weighted by atomic mass is 9.88. The maximum atomic E-state index is 12.7. The van der Waals surface area contributed by atoms with Crippen molar-refractivity contribution in [3.8, 4) is 5.69 Å². The zero-order valence-corrected chi connectivity index (χ0v) is 20.3. The molecule has 0 saturated carbocycles. The van der Waals surface area contributed by atoms with Crippen LogP contribution in [0.3, 0.4) is 0 Å². The van der Waals surface area contributed by atoms with E-state index < -0.39 is 11.8 Å². The lowest BCUT2D eigenvalue weighted by Crippen LogP contribution is -2.53. The van der Waals surface area contributed by atoms with E-state index in [4.69, 9.17) is 17.3 Å². The number of carbonyl (C=O) groups is 2. The molecular weight excluding hydrogens is 420 g/mol. The normalized spacial score (nSPS) is 16.5. The van der Waals surface area contributed by atoms with Gasteiger partial charge in [0.25, 0.3) is 11.8 Å². The van der Waals surface area contributed by atoms with Crippen LogP contribution < -0.4 is 5.32 Å². The van der Waals surface area contributed by atoms with Gasteiger partial charge in [-0.25, -0.2) is 4.68 Å². The molecule has 0 atom stereocenters. The van der Waals surface area contributed by atoms with E-state index in [0.717, 1.165) is 22.6 Å². The summed E-state index contributed by atoms with van der Waals surface area (Å²) >= 11 is 5.09. The van der Waals surface area contributed by atoms with Crippen molar-refractivity contribution in [1.82, 2.24) is 20.0 Å². The van der Waals surface area contributed by atoms with Gasteiger partial charge in [-0.1, -0.05) is 59.8 Å². The number of hydrogen-bond acceptors (Lipinski definition) is 4. The van der Waals surface area contributed by atoms with Crippen LogP contribution in [0.5, 0.6) is 0 Å². The van der Waals surface area contributed by atoms with Gasteiger partial charge in [0.15, 0.2) is 5.11 Å². The average molecular weight is 451 g/mol. The van der Waals surface area contributed by atoms with Crippen LogP contribution >= 0.6 is 12.2 Å². The molecule has 1 aromatic heterocycles. The molecule has 2 heterocycles. The van der Waals surface area contributed by atoms with Crippen LogP contribution in [0.15, 0.2) is 48.6 Å². The van der Waals surface area contributed by atoms with Crippen LogP contribution in [-0.2, 0) is 20.4 Å². The number of hydrogen-bond donors (Lipinski definition) is 1. The molecule has 1 aliphatic rings. The molecule has 2 amide bonds. The van der Waals surface area contributed by atoms with E-state index in [1.165, 1.54) is 4.90 Å². The summed E-state index contributed by atoms with van der Waals surface area (Å²) in [4.78, 5) is 26.4. The van der Waals surface area contributed by atoms with Crippen molar-refractivity contribution in [2.75, 3.05) is 6.54 Å². The summed E-state index contributed by atoms with van der Waals surface area (Å²) in [6.45, 7) is 16.8. The first-order chi connectivity index (χ1) is 14.8. The number of nitrogens with one attached hydrogen (secondary N) is 1. The number of amides is 2. The number of nitrogens with zero attached hydrogens (tertiary/aromatic N) is 3. The van der Waals surface area contributed by atoms with Crippen molar-refractivity contribution < 1.29 is 9.59 Å². The molecule has 0 spiro atoms. The SMILES string of the molecule is C=CCN1C(=O)C(=Cc2ccc(-n3nc(C(C)(C)C)cc3C(C)(C)C)cc2)C(=O)NC1=S. The van der Waals surface area contributed by atoms with Gasteiger partial charge < -0.3 is 0 Å². The Hall–Kier alpha value is -3.06. The van der Waals surface area contributed by atoms with Gasteiger partial charge in [-0.15, -0.1) is 6.58 Å². The Morgan fingerprint density at radius 2 is 1.69 bits per heavy atom. The first-order valence-corrected chi connectivity index (χ1v) is 10.9. The predicted octanol–water partition coefficient (Wildman–Crippen LogP) is 4.28. The van der Waals surface area contributed by atoms with Crippen LogP contribution in [0, 0.1) is 0 Å². The number of rotatable bonds is 4. The van der Waals surface area contributed by atoms with Crippen LogP contribution in [0.2, 0.25) is 0 Å². The van der Waals surface area contributed by atoms with Crippen LogP contribution in [-0.4, -0.2) is 38.2 Å². The van der Waals surface area contributed by atoms with Gasteiger partial charge in [-0.3, -0.25) is 19.8 Å². The van der Waals surface area contributed by atoms with E-state index in [1.807, 2.05) is 28.9 Å². The number of carbonyl (C=O) groups excluding carboxylic acids is 2. The molecule has 168 valence electrons. The second kappa shape index (κ2) is 8.47. The fourth-order valence-electron chi connectivity index (χ4n) is 3.35. The van der Waals surface area contributed by atoms with E-state index in [2.05, 4.69) is 59.5 Å². The minimum Gasteiger partial charge on any atom is -0.298 e. The van der Waals surface area contributed by atoms with E-state index in [9.17, 15) is 9.59 Å². The average Bonchev–Trinajstić information content (AvgIpc) is 3.15. The van der Waals surface area contributed by atoms with Crippen molar-refractivity contribution in [3.63, 3.8) is 0 Å². The van der Waals surface area contributed by atoms with E-state index in [1.54, 1.807) is 12.2 Å². The molecule has 0 bridgehead atoms. The highest BCUT2D eigenvalue weighted by Gasteiger charge is 2.32. The molecule has 0 radical (unpaired) electrons. The number of benzene rings is 1. The minimum atomic E-state index is -0.499. The summed E-state index contributed by atoms with van der Waals surface area (Å²) in [6.07, 6.45) is 3.14. The fraction of sp³-hybridized carbons (Fsp3) is 0.360. The summed E-state index contributed by atoms with van der Waals surface area (Å²) in [6, 6.07) is 9.80. The maximum absolute atomic E-state index is 12.7. The van der Waals surface area contributed by atoms with Gasteiger partial charge in [0.05, 0.1) is 11.4 Å². The van der Waals surface area contributed by atoms with E-state index in [0.29, 0.717) is 0 Å². The van der Waals surface area contributed by atoms with Gasteiger partial charge in [0, 0.05) is 23.1 Å². The molecular formula is C25H30N4O2S. The first-order valence-electron chi connectivity index (χ1n) is 10.5. The van der Waals surface area contributed by atoms with Gasteiger partial charge in [-0.2, -0.15) is 5.10 Å². The highest BCUT2D eigenvalue weighted by molar-refractivity contribution is 7.80. The maximum Gasteiger partial charge on any atom is 0.265 e. The van der Waals surface area contributed by atoms with Gasteiger partial charge >= 0.3 is 0 Å². The van der Waals surface area contributed by atoms with Crippen LogP contribution in [0.1, 0.15) is 58.5 Å². The Balaban J connectivity index is 1.98. The zero-order valence-electron chi connectivity index (χ0n) is 19.5. The molecule has 1 aliphatic heterocycles. The molecule has 1 N–H and O–H groups in total. The van der Waals surface area contributed by atoms with Crippen molar-refractivity contribution in [2.45, 2.75) is 52.4 Å². The summed E-state index contributed by atoms with van der Waals surface area (Å²) in [5, 5.41) is 7.53. The molecule has 6 nitrogen and oxygen atoms in total. The highest BCUT2D eigenvalue weighted by Crippen LogP contribution is 2.30. The summed E-state index contributed by atoms with van der Waals surface area (Å²) in [7, 11) is 0. The summed E-state index contributed by atoms with van der Waals surface area (Å²) in [5.41, 5.74) is 3.68. The quantitative estimate of drug-likeness (QED) is 0.327. The third kappa shape index (κ3) is 4.72. The summed E-state index contributed by atoms with van der Waals surface area (Å²) < 4.78 is 1.97. The standard InChI is InChI=1S/C25H30N4O2S/c1-8-13-28-22(31)18(21(30)26-23(28)32)14-16-9-11-17(12-10-16)29-20(25(5,6)7)15-19(27-29)24(2,3)4/h8-12,14-15H,1,13H2,2-7H3,(H,26,30,32). The van der Waals surface area contributed by atoms with E-state index in [-0.39, 0.29) is 28.1 Å². The molecule has 0 aliphatic carbocycles. The second-order valence-electron chi connectivity index (χ2n) is 9.94. The zero-order chi connectivity index (χ0) is 23.8. The predicted molar refractivity (Wildman–Crippen MR) is 132 cm³/mol. The van der Waals surface area contributed by atoms with E-state index >= 15 is 0 Å².